The van der Waals surface area contributed by atoms with Gasteiger partial charge in [0.25, 0.3) is 0 Å². The summed E-state index contributed by atoms with van der Waals surface area (Å²) in [6, 6.07) is 3.00. The first-order chi connectivity index (χ1) is 8.61. The van der Waals surface area contributed by atoms with Crippen molar-refractivity contribution in [3.05, 3.63) is 36.2 Å². The minimum Gasteiger partial charge on any atom is -0.393 e. The Morgan fingerprint density at radius 2 is 1.83 bits per heavy atom. The normalized spacial score (nSPS) is 10.2. The smallest absolute Gasteiger partial charge is 0.168 e. The molecule has 18 heavy (non-hydrogen) atoms. The number of anilines is 4. The Morgan fingerprint density at radius 1 is 1.11 bits per heavy atom. The zero-order valence-electron chi connectivity index (χ0n) is 9.11. The van der Waals surface area contributed by atoms with Gasteiger partial charge < -0.3 is 16.5 Å². The highest BCUT2D eigenvalue weighted by molar-refractivity contribution is 5.77. The Bertz CT molecular complexity index is 574. The van der Waals surface area contributed by atoms with Crippen LogP contribution in [0.5, 0.6) is 0 Å². The lowest BCUT2D eigenvalue weighted by molar-refractivity contribution is 0.603. The molecule has 1 aromatic heterocycles. The summed E-state index contributed by atoms with van der Waals surface area (Å²) in [7, 11) is 0. The number of nitrogens with zero attached hydrogens (tertiary/aromatic N) is 2. The predicted molar refractivity (Wildman–Crippen MR) is 63.9 cm³/mol. The molecule has 0 saturated carbocycles. The van der Waals surface area contributed by atoms with Crippen molar-refractivity contribution in [2.75, 3.05) is 16.5 Å². The maximum Gasteiger partial charge on any atom is 0.168 e. The molecule has 6 N–H and O–H groups in total. The molecule has 0 saturated heterocycles. The molecule has 0 fully saturated rings. The number of rotatable bonds is 3. The summed E-state index contributed by atoms with van der Waals surface area (Å²) < 4.78 is 26.4. The van der Waals surface area contributed by atoms with E-state index < -0.39 is 11.6 Å². The van der Waals surface area contributed by atoms with E-state index in [1.54, 1.807) is 0 Å². The Morgan fingerprint density at radius 3 is 2.56 bits per heavy atom. The first kappa shape index (κ1) is 12.0. The number of nitrogens with one attached hydrogen (secondary N) is 2. The molecular weight excluding hydrogens is 242 g/mol. The van der Waals surface area contributed by atoms with Crippen molar-refractivity contribution in [1.82, 2.24) is 9.97 Å². The van der Waals surface area contributed by atoms with Gasteiger partial charge in [0.2, 0.25) is 0 Å². The van der Waals surface area contributed by atoms with Crippen LogP contribution in [0.3, 0.4) is 0 Å². The van der Waals surface area contributed by atoms with E-state index in [2.05, 4.69) is 20.7 Å². The molecule has 6 nitrogen and oxygen atoms in total. The third-order valence-corrected chi connectivity index (χ3v) is 2.20. The standard InChI is InChI=1S/C10H10F2N6/c11-5-1-2-6(12)7(3-5)17-9-8(13)10(18-14)16-4-15-9/h1-4H,13-14H2,(H2,15,16,17,18). The van der Waals surface area contributed by atoms with Crippen LogP contribution in [-0.2, 0) is 0 Å². The molecule has 0 atom stereocenters. The maximum atomic E-state index is 13.4. The van der Waals surface area contributed by atoms with Gasteiger partial charge in [-0.2, -0.15) is 0 Å². The fraction of sp³-hybridized carbons (Fsp3) is 0. The van der Waals surface area contributed by atoms with Crippen LogP contribution in [0.4, 0.5) is 31.8 Å². The molecule has 0 aliphatic carbocycles. The van der Waals surface area contributed by atoms with Crippen LogP contribution in [0.15, 0.2) is 24.5 Å². The van der Waals surface area contributed by atoms with Gasteiger partial charge in [-0.05, 0) is 12.1 Å². The van der Waals surface area contributed by atoms with E-state index in [0.717, 1.165) is 18.2 Å². The van der Waals surface area contributed by atoms with Crippen LogP contribution >= 0.6 is 0 Å². The number of hydrogen-bond acceptors (Lipinski definition) is 6. The number of hydrazine groups is 1. The summed E-state index contributed by atoms with van der Waals surface area (Å²) in [5.74, 6) is 4.29. The largest absolute Gasteiger partial charge is 0.393 e. The van der Waals surface area contributed by atoms with Crippen LogP contribution in [-0.4, -0.2) is 9.97 Å². The van der Waals surface area contributed by atoms with Crippen LogP contribution in [0, 0.1) is 11.6 Å². The van der Waals surface area contributed by atoms with Crippen molar-refractivity contribution >= 4 is 23.0 Å². The molecule has 0 radical (unpaired) electrons. The molecule has 0 unspecified atom stereocenters. The molecule has 0 aliphatic heterocycles. The lowest BCUT2D eigenvalue weighted by atomic mass is 10.3. The van der Waals surface area contributed by atoms with Gasteiger partial charge in [0.1, 0.15) is 23.6 Å². The molecule has 1 aromatic carbocycles. The highest BCUT2D eigenvalue weighted by Crippen LogP contribution is 2.26. The van der Waals surface area contributed by atoms with Crippen molar-refractivity contribution < 1.29 is 8.78 Å². The summed E-state index contributed by atoms with van der Waals surface area (Å²) in [5.41, 5.74) is 7.97. The first-order valence-corrected chi connectivity index (χ1v) is 4.91. The Balaban J connectivity index is 2.37. The second kappa shape index (κ2) is 4.80. The molecule has 2 aromatic rings. The molecule has 2 rings (SSSR count). The van der Waals surface area contributed by atoms with E-state index in [1.807, 2.05) is 0 Å². The zero-order valence-corrected chi connectivity index (χ0v) is 9.11. The number of nitrogen functional groups attached to an aromatic ring is 2. The second-order valence-corrected chi connectivity index (χ2v) is 3.38. The van der Waals surface area contributed by atoms with Gasteiger partial charge >= 0.3 is 0 Å². The highest BCUT2D eigenvalue weighted by Gasteiger charge is 2.10. The number of benzene rings is 1. The number of aromatic nitrogens is 2. The Hall–Kier alpha value is -2.48. The Kier molecular flexibility index (Phi) is 3.20. The zero-order chi connectivity index (χ0) is 13.1. The van der Waals surface area contributed by atoms with Crippen molar-refractivity contribution in [3.8, 4) is 0 Å². The average Bonchev–Trinajstić information content (AvgIpc) is 2.36. The number of halogens is 2. The monoisotopic (exact) mass is 252 g/mol. The van der Waals surface area contributed by atoms with Gasteiger partial charge in [-0.15, -0.1) is 0 Å². The molecule has 0 amide bonds. The third-order valence-electron chi connectivity index (χ3n) is 2.20. The van der Waals surface area contributed by atoms with Crippen LogP contribution in [0.25, 0.3) is 0 Å². The van der Waals surface area contributed by atoms with Crippen LogP contribution < -0.4 is 22.3 Å². The van der Waals surface area contributed by atoms with Gasteiger partial charge in [0.05, 0.1) is 5.69 Å². The van der Waals surface area contributed by atoms with Gasteiger partial charge in [-0.25, -0.2) is 24.6 Å². The van der Waals surface area contributed by atoms with Crippen molar-refractivity contribution in [1.29, 1.82) is 0 Å². The van der Waals surface area contributed by atoms with Crippen molar-refractivity contribution in [2.45, 2.75) is 0 Å². The van der Waals surface area contributed by atoms with E-state index in [9.17, 15) is 8.78 Å². The molecule has 94 valence electrons. The average molecular weight is 252 g/mol. The summed E-state index contributed by atoms with van der Waals surface area (Å²) in [5, 5.41) is 2.57. The summed E-state index contributed by atoms with van der Waals surface area (Å²) in [6.45, 7) is 0. The van der Waals surface area contributed by atoms with Gasteiger partial charge in [-0.1, -0.05) is 0 Å². The summed E-state index contributed by atoms with van der Waals surface area (Å²) in [6.07, 6.45) is 1.19. The molecule has 8 heteroatoms. The van der Waals surface area contributed by atoms with Gasteiger partial charge in [-0.3, -0.25) is 0 Å². The fourth-order valence-electron chi connectivity index (χ4n) is 1.33. The molecule has 0 aliphatic rings. The second-order valence-electron chi connectivity index (χ2n) is 3.38. The van der Waals surface area contributed by atoms with Gasteiger partial charge in [0, 0.05) is 6.07 Å². The van der Waals surface area contributed by atoms with E-state index in [-0.39, 0.29) is 23.0 Å². The van der Waals surface area contributed by atoms with Crippen molar-refractivity contribution in [3.63, 3.8) is 0 Å². The van der Waals surface area contributed by atoms with E-state index >= 15 is 0 Å². The topological polar surface area (TPSA) is 102 Å². The molecule has 0 spiro atoms. The molecule has 1 heterocycles. The first-order valence-electron chi connectivity index (χ1n) is 4.91. The lowest BCUT2D eigenvalue weighted by Gasteiger charge is -2.11. The van der Waals surface area contributed by atoms with E-state index in [1.165, 1.54) is 6.33 Å². The Labute approximate surface area is 101 Å². The van der Waals surface area contributed by atoms with E-state index in [4.69, 9.17) is 11.6 Å². The third kappa shape index (κ3) is 2.28. The minimum atomic E-state index is -0.628. The van der Waals surface area contributed by atoms with E-state index in [0.29, 0.717) is 0 Å². The summed E-state index contributed by atoms with van der Waals surface area (Å²) >= 11 is 0. The quantitative estimate of drug-likeness (QED) is 0.486. The highest BCUT2D eigenvalue weighted by atomic mass is 19.1. The van der Waals surface area contributed by atoms with Crippen LogP contribution in [0.2, 0.25) is 0 Å². The molecular formula is C10H10F2N6. The predicted octanol–water partition coefficient (Wildman–Crippen LogP) is 1.37. The summed E-state index contributed by atoms with van der Waals surface area (Å²) in [4.78, 5) is 7.58. The number of nitrogens with two attached hydrogens (primary N) is 2. The minimum absolute atomic E-state index is 0.0802. The van der Waals surface area contributed by atoms with Crippen LogP contribution in [0.1, 0.15) is 0 Å². The maximum absolute atomic E-state index is 13.4. The number of hydrogen-bond donors (Lipinski definition) is 4. The lowest BCUT2D eigenvalue weighted by Crippen LogP contribution is -2.13. The molecule has 0 bridgehead atoms. The van der Waals surface area contributed by atoms with Gasteiger partial charge in [0.15, 0.2) is 11.6 Å². The van der Waals surface area contributed by atoms with Crippen molar-refractivity contribution in [2.24, 2.45) is 5.84 Å². The SMILES string of the molecule is NNc1ncnc(Nc2cc(F)ccc2F)c1N. The fourth-order valence-corrected chi connectivity index (χ4v) is 1.33.